The fraction of sp³-hybridized carbons (Fsp3) is 1.00. The van der Waals surface area contributed by atoms with Crippen molar-refractivity contribution >= 4 is 10.2 Å². The molecule has 2 rings (SSSR count). The first-order valence-corrected chi connectivity index (χ1v) is 8.05. The SMILES string of the molecule is CCNS(=O)(=O)N1CCC(C2CCCN2)CC1. The monoisotopic (exact) mass is 261 g/mol. The molecule has 1 atom stereocenters. The Morgan fingerprint density at radius 2 is 2.00 bits per heavy atom. The molecular weight excluding hydrogens is 238 g/mol. The molecule has 6 heteroatoms. The average molecular weight is 261 g/mol. The van der Waals surface area contributed by atoms with Crippen LogP contribution in [0, 0.1) is 5.92 Å². The van der Waals surface area contributed by atoms with Gasteiger partial charge >= 0.3 is 0 Å². The van der Waals surface area contributed by atoms with Gasteiger partial charge in [-0.15, -0.1) is 0 Å². The van der Waals surface area contributed by atoms with Crippen LogP contribution in [0.4, 0.5) is 0 Å². The fourth-order valence-electron chi connectivity index (χ4n) is 2.91. The first-order valence-electron chi connectivity index (χ1n) is 6.61. The zero-order valence-electron chi connectivity index (χ0n) is 10.5. The third-order valence-electron chi connectivity index (χ3n) is 3.83. The molecule has 0 saturated carbocycles. The summed E-state index contributed by atoms with van der Waals surface area (Å²) in [4.78, 5) is 0. The van der Waals surface area contributed by atoms with Gasteiger partial charge < -0.3 is 5.32 Å². The minimum Gasteiger partial charge on any atom is -0.314 e. The second-order valence-electron chi connectivity index (χ2n) is 4.94. The zero-order valence-corrected chi connectivity index (χ0v) is 11.3. The zero-order chi connectivity index (χ0) is 12.3. The molecular formula is C11H23N3O2S. The van der Waals surface area contributed by atoms with Gasteiger partial charge in [-0.3, -0.25) is 0 Å². The van der Waals surface area contributed by atoms with Gasteiger partial charge in [-0.05, 0) is 38.1 Å². The maximum atomic E-state index is 11.8. The highest BCUT2D eigenvalue weighted by Crippen LogP contribution is 2.26. The molecule has 1 unspecified atom stereocenters. The average Bonchev–Trinajstić information content (AvgIpc) is 2.82. The smallest absolute Gasteiger partial charge is 0.279 e. The molecule has 2 heterocycles. The fourth-order valence-corrected chi connectivity index (χ4v) is 4.14. The van der Waals surface area contributed by atoms with Gasteiger partial charge in [-0.2, -0.15) is 12.7 Å². The second kappa shape index (κ2) is 5.65. The molecule has 2 aliphatic heterocycles. The molecule has 2 saturated heterocycles. The molecule has 0 aromatic rings. The third kappa shape index (κ3) is 3.19. The van der Waals surface area contributed by atoms with Crippen molar-refractivity contribution in [2.24, 2.45) is 5.92 Å². The lowest BCUT2D eigenvalue weighted by atomic mass is 9.89. The van der Waals surface area contributed by atoms with Crippen molar-refractivity contribution in [3.8, 4) is 0 Å². The third-order valence-corrected chi connectivity index (χ3v) is 5.53. The molecule has 0 aromatic heterocycles. The van der Waals surface area contributed by atoms with Crippen molar-refractivity contribution in [1.29, 1.82) is 0 Å². The summed E-state index contributed by atoms with van der Waals surface area (Å²) in [5, 5.41) is 3.52. The lowest BCUT2D eigenvalue weighted by Crippen LogP contribution is -2.47. The van der Waals surface area contributed by atoms with Crippen molar-refractivity contribution in [3.63, 3.8) is 0 Å². The number of piperidine rings is 1. The Bertz CT molecular complexity index is 331. The van der Waals surface area contributed by atoms with Crippen molar-refractivity contribution < 1.29 is 8.42 Å². The Labute approximate surface area is 104 Å². The highest BCUT2D eigenvalue weighted by molar-refractivity contribution is 7.87. The molecule has 0 bridgehead atoms. The van der Waals surface area contributed by atoms with Gasteiger partial charge in [0, 0.05) is 25.7 Å². The lowest BCUT2D eigenvalue weighted by Gasteiger charge is -2.34. The van der Waals surface area contributed by atoms with E-state index in [-0.39, 0.29) is 0 Å². The van der Waals surface area contributed by atoms with Gasteiger partial charge in [0.25, 0.3) is 10.2 Å². The molecule has 0 spiro atoms. The van der Waals surface area contributed by atoms with E-state index < -0.39 is 10.2 Å². The van der Waals surface area contributed by atoms with Crippen molar-refractivity contribution in [3.05, 3.63) is 0 Å². The Morgan fingerprint density at radius 1 is 1.29 bits per heavy atom. The lowest BCUT2D eigenvalue weighted by molar-refractivity contribution is 0.232. The molecule has 17 heavy (non-hydrogen) atoms. The molecule has 5 nitrogen and oxygen atoms in total. The van der Waals surface area contributed by atoms with Gasteiger partial charge in [0.15, 0.2) is 0 Å². The van der Waals surface area contributed by atoms with E-state index in [0.717, 1.165) is 19.4 Å². The van der Waals surface area contributed by atoms with Crippen LogP contribution in [-0.4, -0.2) is 44.9 Å². The van der Waals surface area contributed by atoms with Crippen LogP contribution in [-0.2, 0) is 10.2 Å². The molecule has 2 aliphatic rings. The van der Waals surface area contributed by atoms with Crippen molar-refractivity contribution in [1.82, 2.24) is 14.3 Å². The molecule has 2 fully saturated rings. The maximum Gasteiger partial charge on any atom is 0.279 e. The Kier molecular flexibility index (Phi) is 4.41. The van der Waals surface area contributed by atoms with Gasteiger partial charge in [0.1, 0.15) is 0 Å². The predicted molar refractivity (Wildman–Crippen MR) is 67.9 cm³/mol. The summed E-state index contributed by atoms with van der Waals surface area (Å²) < 4.78 is 27.8. The topological polar surface area (TPSA) is 61.4 Å². The van der Waals surface area contributed by atoms with Crippen LogP contribution in [0.5, 0.6) is 0 Å². The molecule has 0 amide bonds. The van der Waals surface area contributed by atoms with E-state index in [1.807, 2.05) is 6.92 Å². The quantitative estimate of drug-likeness (QED) is 0.765. The van der Waals surface area contributed by atoms with E-state index in [2.05, 4.69) is 10.0 Å². The van der Waals surface area contributed by atoms with E-state index in [4.69, 9.17) is 0 Å². The van der Waals surface area contributed by atoms with Gasteiger partial charge in [0.2, 0.25) is 0 Å². The normalized spacial score (nSPS) is 28.6. The van der Waals surface area contributed by atoms with Crippen LogP contribution in [0.15, 0.2) is 0 Å². The van der Waals surface area contributed by atoms with Crippen LogP contribution in [0.2, 0.25) is 0 Å². The minimum atomic E-state index is -3.22. The number of nitrogens with zero attached hydrogens (tertiary/aromatic N) is 1. The summed E-state index contributed by atoms with van der Waals surface area (Å²) in [7, 11) is -3.22. The maximum absolute atomic E-state index is 11.8. The van der Waals surface area contributed by atoms with Crippen LogP contribution in [0.25, 0.3) is 0 Å². The van der Waals surface area contributed by atoms with Gasteiger partial charge in [-0.25, -0.2) is 4.72 Å². The summed E-state index contributed by atoms with van der Waals surface area (Å²) >= 11 is 0. The number of nitrogens with one attached hydrogen (secondary N) is 2. The highest BCUT2D eigenvalue weighted by Gasteiger charge is 2.32. The van der Waals surface area contributed by atoms with E-state index in [9.17, 15) is 8.42 Å². The predicted octanol–water partition coefficient (Wildman–Crippen LogP) is 0.305. The Morgan fingerprint density at radius 3 is 2.53 bits per heavy atom. The Balaban J connectivity index is 1.85. The van der Waals surface area contributed by atoms with Crippen LogP contribution < -0.4 is 10.0 Å². The largest absolute Gasteiger partial charge is 0.314 e. The van der Waals surface area contributed by atoms with Crippen LogP contribution in [0.3, 0.4) is 0 Å². The van der Waals surface area contributed by atoms with E-state index in [1.165, 1.54) is 12.8 Å². The van der Waals surface area contributed by atoms with Crippen LogP contribution in [0.1, 0.15) is 32.6 Å². The summed E-state index contributed by atoms with van der Waals surface area (Å²) in [6.07, 6.45) is 4.50. The standard InChI is InChI=1S/C11H23N3O2S/c1-2-13-17(15,16)14-8-5-10(6-9-14)11-4-3-7-12-11/h10-13H,2-9H2,1H3. The molecule has 100 valence electrons. The molecule has 0 aliphatic carbocycles. The van der Waals surface area contributed by atoms with E-state index in [0.29, 0.717) is 31.6 Å². The minimum absolute atomic E-state index is 0.465. The van der Waals surface area contributed by atoms with Gasteiger partial charge in [0.05, 0.1) is 0 Å². The first-order chi connectivity index (χ1) is 8.13. The molecule has 0 aromatic carbocycles. The molecule has 2 N–H and O–H groups in total. The number of hydrogen-bond acceptors (Lipinski definition) is 3. The Hall–Kier alpha value is -0.170. The van der Waals surface area contributed by atoms with Crippen molar-refractivity contribution in [2.75, 3.05) is 26.2 Å². The summed E-state index contributed by atoms with van der Waals surface area (Å²) in [6.45, 7) is 4.73. The van der Waals surface area contributed by atoms with E-state index in [1.54, 1.807) is 4.31 Å². The summed E-state index contributed by atoms with van der Waals surface area (Å²) in [5.74, 6) is 0.658. The first kappa shape index (κ1) is 13.3. The second-order valence-corrected chi connectivity index (χ2v) is 6.70. The van der Waals surface area contributed by atoms with Crippen molar-refractivity contribution in [2.45, 2.75) is 38.6 Å². The van der Waals surface area contributed by atoms with Gasteiger partial charge in [-0.1, -0.05) is 6.92 Å². The van der Waals surface area contributed by atoms with E-state index >= 15 is 0 Å². The van der Waals surface area contributed by atoms with Crippen LogP contribution >= 0.6 is 0 Å². The summed E-state index contributed by atoms with van der Waals surface area (Å²) in [6, 6.07) is 0.624. The highest BCUT2D eigenvalue weighted by atomic mass is 32.2. The number of hydrogen-bond donors (Lipinski definition) is 2. The number of rotatable bonds is 4. The summed E-state index contributed by atoms with van der Waals surface area (Å²) in [5.41, 5.74) is 0. The molecule has 0 radical (unpaired) electrons.